The highest BCUT2D eigenvalue weighted by Gasteiger charge is 2.27. The molecule has 1 fully saturated rings. The lowest BCUT2D eigenvalue weighted by molar-refractivity contribution is 0.175. The van der Waals surface area contributed by atoms with Crippen molar-refractivity contribution in [1.29, 1.82) is 0 Å². The zero-order chi connectivity index (χ0) is 22.5. The number of hydrogen-bond donors (Lipinski definition) is 2. The van der Waals surface area contributed by atoms with Gasteiger partial charge in [0.1, 0.15) is 11.5 Å². The fraction of sp³-hybridized carbons (Fsp3) is 0.333. The van der Waals surface area contributed by atoms with E-state index in [1.165, 1.54) is 0 Å². The molecule has 0 saturated heterocycles. The molecule has 2 aromatic carbocycles. The Morgan fingerprint density at radius 1 is 1.03 bits per heavy atom. The lowest BCUT2D eigenvalue weighted by atomic mass is 10.0. The van der Waals surface area contributed by atoms with E-state index in [-0.39, 0.29) is 12.6 Å². The summed E-state index contributed by atoms with van der Waals surface area (Å²) in [5.74, 6) is -3.32. The first kappa shape index (κ1) is 21.9. The van der Waals surface area contributed by atoms with Gasteiger partial charge in [-0.15, -0.1) is 0 Å². The Bertz CT molecular complexity index is 1040. The summed E-state index contributed by atoms with van der Waals surface area (Å²) in [4.78, 5) is 14.8. The van der Waals surface area contributed by atoms with Crippen molar-refractivity contribution >= 4 is 11.7 Å². The van der Waals surface area contributed by atoms with E-state index >= 15 is 0 Å². The van der Waals surface area contributed by atoms with Crippen molar-refractivity contribution in [2.75, 3.05) is 5.32 Å². The third-order valence-electron chi connectivity index (χ3n) is 5.84. The molecule has 0 atom stereocenters. The van der Waals surface area contributed by atoms with E-state index in [1.54, 1.807) is 11.1 Å². The predicted octanol–water partition coefficient (Wildman–Crippen LogP) is 6.25. The number of aromatic nitrogens is 2. The number of nitrogens with zero attached hydrogens (tertiary/aromatic N) is 2. The molecular weight excluding hydrogens is 417 g/mol. The van der Waals surface area contributed by atoms with Crippen LogP contribution in [0.2, 0.25) is 0 Å². The van der Waals surface area contributed by atoms with Crippen LogP contribution in [-0.2, 0) is 6.54 Å². The van der Waals surface area contributed by atoms with Crippen LogP contribution < -0.4 is 5.32 Å². The second kappa shape index (κ2) is 9.89. The van der Waals surface area contributed by atoms with Gasteiger partial charge < -0.3 is 10.2 Å². The van der Waals surface area contributed by atoms with Crippen LogP contribution in [0.5, 0.6) is 0 Å². The van der Waals surface area contributed by atoms with Crippen molar-refractivity contribution in [3.63, 3.8) is 0 Å². The summed E-state index contributed by atoms with van der Waals surface area (Å²) < 4.78 is 41.6. The normalized spacial score (nSPS) is 14.7. The average molecular weight is 442 g/mol. The minimum absolute atomic E-state index is 0.0573. The van der Waals surface area contributed by atoms with Gasteiger partial charge in [-0.3, -0.25) is 5.10 Å². The molecule has 0 unspecified atom stereocenters. The molecule has 1 heterocycles. The predicted molar refractivity (Wildman–Crippen MR) is 116 cm³/mol. The molecule has 5 nitrogen and oxygen atoms in total. The Morgan fingerprint density at radius 2 is 1.75 bits per heavy atom. The van der Waals surface area contributed by atoms with Crippen molar-refractivity contribution in [2.24, 2.45) is 0 Å². The number of halogens is 3. The number of carbonyl (C=O) groups is 1. The maximum atomic E-state index is 14.2. The van der Waals surface area contributed by atoms with Crippen LogP contribution in [0, 0.1) is 17.5 Å². The molecule has 32 heavy (non-hydrogen) atoms. The zero-order valence-electron chi connectivity index (χ0n) is 17.6. The molecule has 168 valence electrons. The first-order chi connectivity index (χ1) is 15.5. The van der Waals surface area contributed by atoms with E-state index in [0.717, 1.165) is 55.3 Å². The summed E-state index contributed by atoms with van der Waals surface area (Å²) in [7, 11) is 0. The first-order valence-electron chi connectivity index (χ1n) is 10.8. The number of anilines is 1. The van der Waals surface area contributed by atoms with E-state index in [4.69, 9.17) is 0 Å². The van der Waals surface area contributed by atoms with Gasteiger partial charge in [-0.05, 0) is 30.5 Å². The fourth-order valence-corrected chi connectivity index (χ4v) is 4.22. The molecule has 1 aliphatic carbocycles. The van der Waals surface area contributed by atoms with Crippen LogP contribution in [0.15, 0.2) is 48.7 Å². The second-order valence-corrected chi connectivity index (χ2v) is 8.11. The number of amides is 2. The molecule has 2 amide bonds. The molecule has 0 aliphatic heterocycles. The molecule has 2 N–H and O–H groups in total. The quantitative estimate of drug-likeness (QED) is 0.459. The van der Waals surface area contributed by atoms with Crippen LogP contribution in [0.1, 0.15) is 44.1 Å². The summed E-state index contributed by atoms with van der Waals surface area (Å²) in [5.41, 5.74) is 1.93. The number of carbonyl (C=O) groups excluding carboxylic acids is 1. The van der Waals surface area contributed by atoms with Gasteiger partial charge in [0.15, 0.2) is 11.6 Å². The van der Waals surface area contributed by atoms with Gasteiger partial charge in [0.25, 0.3) is 0 Å². The van der Waals surface area contributed by atoms with Gasteiger partial charge in [-0.1, -0.05) is 43.9 Å². The first-order valence-corrected chi connectivity index (χ1v) is 10.8. The smallest absolute Gasteiger partial charge is 0.317 e. The molecule has 1 aliphatic rings. The maximum absolute atomic E-state index is 14.2. The van der Waals surface area contributed by atoms with Crippen molar-refractivity contribution < 1.29 is 18.0 Å². The Balaban J connectivity index is 1.60. The van der Waals surface area contributed by atoms with E-state index in [0.29, 0.717) is 12.1 Å². The van der Waals surface area contributed by atoms with E-state index < -0.39 is 29.2 Å². The summed E-state index contributed by atoms with van der Waals surface area (Å²) in [6, 6.07) is 9.99. The Hall–Kier alpha value is -3.29. The van der Waals surface area contributed by atoms with Gasteiger partial charge in [-0.2, -0.15) is 5.10 Å². The number of rotatable bonds is 5. The molecule has 1 saturated carbocycles. The fourth-order valence-electron chi connectivity index (χ4n) is 4.22. The summed E-state index contributed by atoms with van der Waals surface area (Å²) >= 11 is 0. The van der Waals surface area contributed by atoms with Gasteiger partial charge >= 0.3 is 6.03 Å². The van der Waals surface area contributed by atoms with Gasteiger partial charge in [-0.25, -0.2) is 18.0 Å². The Labute approximate surface area is 184 Å². The highest BCUT2D eigenvalue weighted by atomic mass is 19.1. The van der Waals surface area contributed by atoms with Crippen molar-refractivity contribution in [3.05, 3.63) is 71.7 Å². The summed E-state index contributed by atoms with van der Waals surface area (Å²) in [6.07, 6.45) is 7.55. The number of aromatic amines is 1. The molecule has 0 spiro atoms. The van der Waals surface area contributed by atoms with Gasteiger partial charge in [0.05, 0.1) is 5.69 Å². The summed E-state index contributed by atoms with van der Waals surface area (Å²) in [5, 5.41) is 9.32. The minimum atomic E-state index is -1.14. The third-order valence-corrected chi connectivity index (χ3v) is 5.84. The van der Waals surface area contributed by atoms with Gasteiger partial charge in [0.2, 0.25) is 0 Å². The Morgan fingerprint density at radius 3 is 2.41 bits per heavy atom. The molecule has 1 aromatic heterocycles. The minimum Gasteiger partial charge on any atom is -0.317 e. The number of benzene rings is 2. The summed E-state index contributed by atoms with van der Waals surface area (Å²) in [6.45, 7) is 0.277. The third kappa shape index (κ3) is 5.12. The van der Waals surface area contributed by atoms with Crippen molar-refractivity contribution in [1.82, 2.24) is 15.1 Å². The number of nitrogens with one attached hydrogen (secondary N) is 2. The highest BCUT2D eigenvalue weighted by Crippen LogP contribution is 2.27. The molecule has 3 aromatic rings. The topological polar surface area (TPSA) is 61.0 Å². The van der Waals surface area contributed by atoms with Crippen LogP contribution in [0.3, 0.4) is 0 Å². The monoisotopic (exact) mass is 442 g/mol. The van der Waals surface area contributed by atoms with E-state index in [9.17, 15) is 18.0 Å². The largest absolute Gasteiger partial charge is 0.322 e. The van der Waals surface area contributed by atoms with Crippen molar-refractivity contribution in [3.8, 4) is 11.3 Å². The standard InChI is InChI=1S/C24H25F3N4O/c25-18-13-20(26)23(21(27)14-18)29-24(32)31(19-8-3-1-2-4-9-19)15-16-6-5-7-17(12-16)22-10-11-28-30-22/h5-7,10-14,19H,1-4,8-9,15H2,(H,28,30)(H,29,32). The zero-order valence-corrected chi connectivity index (χ0v) is 17.6. The van der Waals surface area contributed by atoms with Crippen LogP contribution in [-0.4, -0.2) is 27.2 Å². The van der Waals surface area contributed by atoms with Crippen LogP contribution >= 0.6 is 0 Å². The van der Waals surface area contributed by atoms with Gasteiger partial charge in [0, 0.05) is 36.5 Å². The average Bonchev–Trinajstić information content (AvgIpc) is 3.18. The molecule has 4 rings (SSSR count). The lowest BCUT2D eigenvalue weighted by Gasteiger charge is -2.31. The lowest BCUT2D eigenvalue weighted by Crippen LogP contribution is -2.42. The molecule has 0 radical (unpaired) electrons. The molecular formula is C24H25F3N4O. The molecule has 8 heteroatoms. The maximum Gasteiger partial charge on any atom is 0.322 e. The van der Waals surface area contributed by atoms with Crippen molar-refractivity contribution in [2.45, 2.75) is 51.1 Å². The SMILES string of the molecule is O=C(Nc1c(F)cc(F)cc1F)N(Cc1cccc(-c2cc[nH]n2)c1)C1CCCCCC1. The Kier molecular flexibility index (Phi) is 6.78. The van der Waals surface area contributed by atoms with E-state index in [1.807, 2.05) is 30.3 Å². The highest BCUT2D eigenvalue weighted by molar-refractivity contribution is 5.89. The molecule has 0 bridgehead atoms. The number of urea groups is 1. The van der Waals surface area contributed by atoms with Crippen LogP contribution in [0.25, 0.3) is 11.3 Å². The second-order valence-electron chi connectivity index (χ2n) is 8.11. The number of hydrogen-bond acceptors (Lipinski definition) is 2. The van der Waals surface area contributed by atoms with E-state index in [2.05, 4.69) is 15.5 Å². The number of H-pyrrole nitrogens is 1. The van der Waals surface area contributed by atoms with Crippen LogP contribution in [0.4, 0.5) is 23.7 Å².